The largest absolute Gasteiger partial charge is 0.381 e. The summed E-state index contributed by atoms with van der Waals surface area (Å²) in [6, 6.07) is 6.74. The van der Waals surface area contributed by atoms with E-state index in [1.165, 1.54) is 50.1 Å². The first-order valence-electron chi connectivity index (χ1n) is 16.1. The van der Waals surface area contributed by atoms with Gasteiger partial charge in [-0.05, 0) is 123 Å². The molecule has 0 saturated heterocycles. The number of aryl methyl sites for hydroxylation is 1. The van der Waals surface area contributed by atoms with E-state index >= 15 is 0 Å². The minimum atomic E-state index is 0.295. The molecule has 4 heteroatoms. The van der Waals surface area contributed by atoms with Gasteiger partial charge in [0.15, 0.2) is 0 Å². The second-order valence-electron chi connectivity index (χ2n) is 12.5. The van der Waals surface area contributed by atoms with Gasteiger partial charge in [-0.1, -0.05) is 51.3 Å². The molecule has 0 amide bonds. The number of fused-ring (bicyclic) bond motifs is 2. The fraction of sp³-hybridized carbons (Fsp3) is 0.350. The number of hydrogen-bond donors (Lipinski definition) is 2. The zero-order valence-electron chi connectivity index (χ0n) is 27.6. The molecule has 6 heterocycles. The Morgan fingerprint density at radius 1 is 1.02 bits per heavy atom. The Morgan fingerprint density at radius 2 is 1.80 bits per heavy atom. The van der Waals surface area contributed by atoms with Crippen LogP contribution in [0.1, 0.15) is 115 Å². The van der Waals surface area contributed by atoms with Crippen molar-refractivity contribution in [1.82, 2.24) is 15.0 Å². The molecule has 1 atom stereocenters. The Bertz CT molecular complexity index is 1790. The van der Waals surface area contributed by atoms with Crippen LogP contribution in [0.5, 0.6) is 0 Å². The molecule has 0 fully saturated rings. The smallest absolute Gasteiger partial charge is 0.0693 e. The highest BCUT2D eigenvalue weighted by atomic mass is 14.9. The van der Waals surface area contributed by atoms with E-state index in [-0.39, 0.29) is 0 Å². The topological polar surface area (TPSA) is 53.6 Å². The van der Waals surface area contributed by atoms with E-state index in [0.29, 0.717) is 5.92 Å². The molecule has 0 unspecified atom stereocenters. The van der Waals surface area contributed by atoms with Gasteiger partial charge < -0.3 is 10.3 Å². The molecule has 4 aliphatic rings. The Hall–Kier alpha value is -4.18. The van der Waals surface area contributed by atoms with Gasteiger partial charge in [0.25, 0.3) is 0 Å². The Balaban J connectivity index is 2.02. The van der Waals surface area contributed by atoms with Gasteiger partial charge >= 0.3 is 0 Å². The van der Waals surface area contributed by atoms with Crippen molar-refractivity contribution in [2.75, 3.05) is 5.32 Å². The number of anilines is 1. The number of nitrogens with one attached hydrogen (secondary N) is 2. The summed E-state index contributed by atoms with van der Waals surface area (Å²) in [5.41, 5.74) is 19.5. The minimum Gasteiger partial charge on any atom is -0.381 e. The second-order valence-corrected chi connectivity index (χ2v) is 12.5. The predicted octanol–water partition coefficient (Wildman–Crippen LogP) is 10.8. The average Bonchev–Trinajstić information content (AvgIpc) is 3.64. The van der Waals surface area contributed by atoms with Gasteiger partial charge in [-0.25, -0.2) is 4.98 Å². The van der Waals surface area contributed by atoms with Gasteiger partial charge in [-0.15, -0.1) is 6.58 Å². The maximum absolute atomic E-state index is 5.42. The van der Waals surface area contributed by atoms with Gasteiger partial charge in [0, 0.05) is 46.2 Å². The van der Waals surface area contributed by atoms with E-state index in [9.17, 15) is 0 Å². The summed E-state index contributed by atoms with van der Waals surface area (Å²) in [6.07, 6.45) is 9.46. The van der Waals surface area contributed by atoms with Crippen LogP contribution >= 0.6 is 0 Å². The van der Waals surface area contributed by atoms with E-state index in [0.717, 1.165) is 90.1 Å². The van der Waals surface area contributed by atoms with Gasteiger partial charge in [0.1, 0.15) is 0 Å². The van der Waals surface area contributed by atoms with E-state index in [1.807, 2.05) is 12.2 Å². The number of rotatable bonds is 9. The van der Waals surface area contributed by atoms with Crippen LogP contribution in [-0.2, 0) is 19.4 Å². The normalized spacial score (nSPS) is 15.1. The van der Waals surface area contributed by atoms with Crippen LogP contribution in [0.3, 0.4) is 0 Å². The molecule has 0 spiro atoms. The lowest BCUT2D eigenvalue weighted by Crippen LogP contribution is -2.09. The highest BCUT2D eigenvalue weighted by Gasteiger charge is 2.26. The first kappa shape index (κ1) is 31.3. The minimum absolute atomic E-state index is 0.295. The summed E-state index contributed by atoms with van der Waals surface area (Å²) in [5.74, 6) is 0.295. The third-order valence-corrected chi connectivity index (χ3v) is 9.55. The van der Waals surface area contributed by atoms with Crippen molar-refractivity contribution < 1.29 is 0 Å². The van der Waals surface area contributed by atoms with Crippen LogP contribution in [0.25, 0.3) is 33.8 Å². The summed E-state index contributed by atoms with van der Waals surface area (Å²) in [4.78, 5) is 14.5. The molecular weight excluding hydrogens is 536 g/mol. The van der Waals surface area contributed by atoms with E-state index in [4.69, 9.17) is 9.97 Å². The quantitative estimate of drug-likeness (QED) is 0.288. The lowest BCUT2D eigenvalue weighted by molar-refractivity contribution is 0.645. The summed E-state index contributed by atoms with van der Waals surface area (Å²) in [5, 5.41) is 3.71. The monoisotopic (exact) mass is 584 g/mol. The standard InChI is InChI=1S/C40H48N4/c1-11-15-16-28-18-30-20-34-25(8)31(13-3)29(22-41-34)19-35-26(9)32(14-4)37(43-35)21-36-27(10)38(23(5)6)40(44-36)33(39(28)42-30)17-24(7)12-2/h11,13,19-21,28,41,44H,1,3,5,7,12,14-18,22H2,2,4,6,8-10H3/t28-/m0/s1. The zero-order valence-corrected chi connectivity index (χ0v) is 27.6. The Morgan fingerprint density at radius 3 is 2.45 bits per heavy atom. The van der Waals surface area contributed by atoms with Crippen LogP contribution < -0.4 is 5.32 Å². The molecule has 8 bridgehead atoms. The summed E-state index contributed by atoms with van der Waals surface area (Å²) >= 11 is 0. The average molecular weight is 585 g/mol. The van der Waals surface area contributed by atoms with Crippen LogP contribution in [0, 0.1) is 13.8 Å². The van der Waals surface area contributed by atoms with Crippen LogP contribution in [-0.4, -0.2) is 15.0 Å². The van der Waals surface area contributed by atoms with E-state index in [1.54, 1.807) is 0 Å². The van der Waals surface area contributed by atoms with Crippen molar-refractivity contribution >= 4 is 39.5 Å². The third-order valence-electron chi connectivity index (χ3n) is 9.55. The molecule has 44 heavy (non-hydrogen) atoms. The predicted molar refractivity (Wildman–Crippen MR) is 191 cm³/mol. The van der Waals surface area contributed by atoms with Crippen LogP contribution in [0.4, 0.5) is 5.69 Å². The second kappa shape index (κ2) is 12.8. The number of hydrogen-bond acceptors (Lipinski definition) is 3. The van der Waals surface area contributed by atoms with Crippen molar-refractivity contribution in [3.8, 4) is 0 Å². The molecule has 228 valence electrons. The summed E-state index contributed by atoms with van der Waals surface area (Å²) in [7, 11) is 0. The molecule has 4 aliphatic heterocycles. The number of allylic oxidation sites excluding steroid dienone is 5. The van der Waals surface area contributed by atoms with Crippen molar-refractivity contribution in [3.05, 3.63) is 112 Å². The number of H-pyrrole nitrogens is 1. The highest BCUT2D eigenvalue weighted by molar-refractivity contribution is 5.93. The summed E-state index contributed by atoms with van der Waals surface area (Å²) in [6.45, 7) is 30.9. The Kier molecular flexibility index (Phi) is 9.10. The van der Waals surface area contributed by atoms with E-state index < -0.39 is 0 Å². The first-order chi connectivity index (χ1) is 21.1. The van der Waals surface area contributed by atoms with Crippen molar-refractivity contribution in [2.24, 2.45) is 0 Å². The van der Waals surface area contributed by atoms with Crippen molar-refractivity contribution in [2.45, 2.75) is 92.5 Å². The number of aromatic nitrogens is 3. The number of nitrogens with zero attached hydrogens (tertiary/aromatic N) is 2. The molecule has 0 saturated carbocycles. The van der Waals surface area contributed by atoms with Crippen molar-refractivity contribution in [1.29, 1.82) is 0 Å². The molecular formula is C40H48N4. The fourth-order valence-electron chi connectivity index (χ4n) is 6.98. The molecule has 2 N–H and O–H groups in total. The summed E-state index contributed by atoms with van der Waals surface area (Å²) < 4.78 is 0. The highest BCUT2D eigenvalue weighted by Crippen LogP contribution is 2.39. The third kappa shape index (κ3) is 5.70. The molecule has 2 aromatic heterocycles. The van der Waals surface area contributed by atoms with E-state index in [2.05, 4.69) is 96.4 Å². The van der Waals surface area contributed by atoms with Crippen LogP contribution in [0.15, 0.2) is 56.2 Å². The lowest BCUT2D eigenvalue weighted by atomic mass is 9.89. The molecule has 0 aliphatic carbocycles. The van der Waals surface area contributed by atoms with Gasteiger partial charge in [-0.2, -0.15) is 0 Å². The van der Waals surface area contributed by atoms with Crippen molar-refractivity contribution in [3.63, 3.8) is 0 Å². The lowest BCUT2D eigenvalue weighted by Gasteiger charge is -2.18. The molecule has 0 aromatic carbocycles. The molecule has 4 nitrogen and oxygen atoms in total. The zero-order chi connectivity index (χ0) is 31.7. The number of aromatic amines is 1. The van der Waals surface area contributed by atoms with Gasteiger partial charge in [0.05, 0.1) is 16.9 Å². The SMILES string of the molecule is C=CCC[C@H]1Cc2cc3c(C)c(C=C)c(cc4nc(cc5[nH]c(c(CC(=C)CC)c1n2)c(C(=C)C)c5C)C(CC)=C4C)CN3. The molecule has 6 rings (SSSR count). The maximum Gasteiger partial charge on any atom is 0.0693 e. The van der Waals surface area contributed by atoms with Crippen LogP contribution in [0.2, 0.25) is 0 Å². The van der Waals surface area contributed by atoms with Gasteiger partial charge in [-0.3, -0.25) is 4.98 Å². The van der Waals surface area contributed by atoms with Gasteiger partial charge in [0.2, 0.25) is 0 Å². The maximum atomic E-state index is 5.42. The Labute approximate surface area is 264 Å². The fourth-order valence-corrected chi connectivity index (χ4v) is 6.98. The first-order valence-corrected chi connectivity index (χ1v) is 16.1. The molecule has 2 aromatic rings. The molecule has 0 radical (unpaired) electrons.